The molecule has 0 spiro atoms. The summed E-state index contributed by atoms with van der Waals surface area (Å²) >= 11 is 0. The Labute approximate surface area is 104 Å². The minimum atomic E-state index is 0.266. The Bertz CT molecular complexity index is 299. The molecule has 1 unspecified atom stereocenters. The van der Waals surface area contributed by atoms with Gasteiger partial charge in [0.15, 0.2) is 0 Å². The number of aromatic nitrogens is 2. The van der Waals surface area contributed by atoms with Gasteiger partial charge in [-0.25, -0.2) is 0 Å². The van der Waals surface area contributed by atoms with Gasteiger partial charge in [-0.3, -0.25) is 4.68 Å². The summed E-state index contributed by atoms with van der Waals surface area (Å²) in [5.74, 6) is 0. The van der Waals surface area contributed by atoms with Crippen LogP contribution < -0.4 is 5.32 Å². The monoisotopic (exact) mass is 239 g/mol. The number of hydrogen-bond acceptors (Lipinski definition) is 3. The van der Waals surface area contributed by atoms with Crippen LogP contribution in [0.25, 0.3) is 0 Å². The normalized spacial score (nSPS) is 12.9. The second-order valence-corrected chi connectivity index (χ2v) is 4.21. The van der Waals surface area contributed by atoms with Gasteiger partial charge in [-0.1, -0.05) is 13.8 Å². The molecule has 0 aromatic carbocycles. The van der Waals surface area contributed by atoms with Crippen LogP contribution in [-0.2, 0) is 11.3 Å². The number of nitrogens with one attached hydrogen (secondary N) is 1. The van der Waals surface area contributed by atoms with Crippen LogP contribution in [0.3, 0.4) is 0 Å². The van der Waals surface area contributed by atoms with Gasteiger partial charge in [0, 0.05) is 24.9 Å². The summed E-state index contributed by atoms with van der Waals surface area (Å²) in [6.45, 7) is 9.87. The Hall–Kier alpha value is -0.870. The molecule has 98 valence electrons. The highest BCUT2D eigenvalue weighted by atomic mass is 16.5. The molecule has 0 aliphatic rings. The molecule has 0 radical (unpaired) electrons. The first kappa shape index (κ1) is 14.2. The number of ether oxygens (including phenoxy) is 1. The third kappa shape index (κ3) is 4.88. The molecule has 4 nitrogen and oxygen atoms in total. The molecule has 1 aromatic heterocycles. The van der Waals surface area contributed by atoms with Crippen molar-refractivity contribution in [2.24, 2.45) is 0 Å². The Kier molecular flexibility index (Phi) is 6.89. The maximum Gasteiger partial charge on any atom is 0.0662 e. The van der Waals surface area contributed by atoms with Crippen LogP contribution in [0.4, 0.5) is 0 Å². The van der Waals surface area contributed by atoms with Gasteiger partial charge < -0.3 is 10.1 Å². The zero-order chi connectivity index (χ0) is 12.5. The molecule has 0 saturated heterocycles. The van der Waals surface area contributed by atoms with E-state index in [4.69, 9.17) is 4.74 Å². The summed E-state index contributed by atoms with van der Waals surface area (Å²) in [7, 11) is 0. The van der Waals surface area contributed by atoms with Crippen LogP contribution in [0.2, 0.25) is 0 Å². The number of hydrogen-bond donors (Lipinski definition) is 1. The van der Waals surface area contributed by atoms with E-state index in [9.17, 15) is 0 Å². The first-order valence-corrected chi connectivity index (χ1v) is 6.65. The zero-order valence-corrected chi connectivity index (χ0v) is 11.3. The van der Waals surface area contributed by atoms with E-state index in [-0.39, 0.29) is 6.04 Å². The molecule has 0 aliphatic heterocycles. The summed E-state index contributed by atoms with van der Waals surface area (Å²) in [5.41, 5.74) is 1.22. The van der Waals surface area contributed by atoms with E-state index >= 15 is 0 Å². The third-order valence-electron chi connectivity index (χ3n) is 2.65. The molecule has 1 N–H and O–H groups in total. The fourth-order valence-corrected chi connectivity index (χ4v) is 1.67. The lowest BCUT2D eigenvalue weighted by atomic mass is 10.1. The molecule has 1 aromatic rings. The van der Waals surface area contributed by atoms with Gasteiger partial charge in [-0.05, 0) is 26.3 Å². The minimum absolute atomic E-state index is 0.266. The summed E-state index contributed by atoms with van der Waals surface area (Å²) in [4.78, 5) is 0. The van der Waals surface area contributed by atoms with Crippen molar-refractivity contribution in [1.29, 1.82) is 0 Å². The van der Waals surface area contributed by atoms with E-state index in [1.165, 1.54) is 5.56 Å². The van der Waals surface area contributed by atoms with Crippen molar-refractivity contribution in [3.05, 3.63) is 18.0 Å². The molecule has 0 bridgehead atoms. The Morgan fingerprint density at radius 3 is 2.76 bits per heavy atom. The predicted molar refractivity (Wildman–Crippen MR) is 70.0 cm³/mol. The number of aryl methyl sites for hydroxylation is 1. The maximum absolute atomic E-state index is 5.64. The predicted octanol–water partition coefficient (Wildman–Crippen LogP) is 2.37. The first-order valence-electron chi connectivity index (χ1n) is 6.65. The van der Waals surface area contributed by atoms with Crippen LogP contribution in [-0.4, -0.2) is 29.5 Å². The maximum atomic E-state index is 5.64. The highest BCUT2D eigenvalue weighted by Crippen LogP contribution is 2.12. The molecule has 0 saturated carbocycles. The van der Waals surface area contributed by atoms with Crippen LogP contribution in [0.1, 0.15) is 45.2 Å². The Morgan fingerprint density at radius 2 is 2.18 bits per heavy atom. The highest BCUT2D eigenvalue weighted by Gasteiger charge is 2.12. The molecule has 17 heavy (non-hydrogen) atoms. The van der Waals surface area contributed by atoms with Gasteiger partial charge >= 0.3 is 0 Å². The van der Waals surface area contributed by atoms with Crippen LogP contribution in [0.5, 0.6) is 0 Å². The van der Waals surface area contributed by atoms with E-state index in [0.29, 0.717) is 0 Å². The lowest BCUT2D eigenvalue weighted by Crippen LogP contribution is -2.26. The smallest absolute Gasteiger partial charge is 0.0662 e. The molecule has 4 heteroatoms. The second kappa shape index (κ2) is 8.25. The Morgan fingerprint density at radius 1 is 1.35 bits per heavy atom. The van der Waals surface area contributed by atoms with Gasteiger partial charge in [0.1, 0.15) is 0 Å². The van der Waals surface area contributed by atoms with E-state index in [1.807, 2.05) is 10.9 Å². The molecule has 0 fully saturated rings. The van der Waals surface area contributed by atoms with Crippen molar-refractivity contribution in [2.45, 2.75) is 46.2 Å². The number of rotatable bonds is 9. The number of nitrogens with zero attached hydrogens (tertiary/aromatic N) is 2. The average Bonchev–Trinajstić information content (AvgIpc) is 2.82. The standard InChI is InChI=1S/C13H25N3O/c1-4-7-14-13(11-17-8-5-2)12-9-15-16(6-3)10-12/h9-10,13-14H,4-8,11H2,1-3H3. The molecule has 0 amide bonds. The molecular weight excluding hydrogens is 214 g/mol. The van der Waals surface area contributed by atoms with Crippen molar-refractivity contribution in [1.82, 2.24) is 15.1 Å². The van der Waals surface area contributed by atoms with Crippen LogP contribution >= 0.6 is 0 Å². The quantitative estimate of drug-likeness (QED) is 0.672. The fourth-order valence-electron chi connectivity index (χ4n) is 1.67. The van der Waals surface area contributed by atoms with Crippen molar-refractivity contribution >= 4 is 0 Å². The lowest BCUT2D eigenvalue weighted by Gasteiger charge is -2.17. The van der Waals surface area contributed by atoms with E-state index in [2.05, 4.69) is 37.4 Å². The molecule has 1 atom stereocenters. The van der Waals surface area contributed by atoms with Crippen molar-refractivity contribution in [3.63, 3.8) is 0 Å². The Balaban J connectivity index is 2.54. The second-order valence-electron chi connectivity index (χ2n) is 4.21. The third-order valence-corrected chi connectivity index (χ3v) is 2.65. The summed E-state index contributed by atoms with van der Waals surface area (Å²) in [5, 5.41) is 7.82. The SMILES string of the molecule is CCCNC(COCCC)c1cnn(CC)c1. The van der Waals surface area contributed by atoms with Gasteiger partial charge in [-0.2, -0.15) is 5.10 Å². The summed E-state index contributed by atoms with van der Waals surface area (Å²) in [6.07, 6.45) is 6.23. The zero-order valence-electron chi connectivity index (χ0n) is 11.3. The van der Waals surface area contributed by atoms with E-state index < -0.39 is 0 Å². The lowest BCUT2D eigenvalue weighted by molar-refractivity contribution is 0.112. The first-order chi connectivity index (χ1) is 8.31. The van der Waals surface area contributed by atoms with Gasteiger partial charge in [0.25, 0.3) is 0 Å². The van der Waals surface area contributed by atoms with Crippen molar-refractivity contribution < 1.29 is 4.74 Å². The summed E-state index contributed by atoms with van der Waals surface area (Å²) < 4.78 is 7.59. The largest absolute Gasteiger partial charge is 0.379 e. The van der Waals surface area contributed by atoms with Crippen molar-refractivity contribution in [2.75, 3.05) is 19.8 Å². The average molecular weight is 239 g/mol. The molecule has 1 heterocycles. The minimum Gasteiger partial charge on any atom is -0.379 e. The fraction of sp³-hybridized carbons (Fsp3) is 0.769. The van der Waals surface area contributed by atoms with E-state index in [0.717, 1.165) is 39.1 Å². The van der Waals surface area contributed by atoms with E-state index in [1.54, 1.807) is 0 Å². The highest BCUT2D eigenvalue weighted by molar-refractivity contribution is 5.10. The van der Waals surface area contributed by atoms with Gasteiger partial charge in [0.05, 0.1) is 18.8 Å². The van der Waals surface area contributed by atoms with Gasteiger partial charge in [-0.15, -0.1) is 0 Å². The van der Waals surface area contributed by atoms with Gasteiger partial charge in [0.2, 0.25) is 0 Å². The molecular formula is C13H25N3O. The van der Waals surface area contributed by atoms with Crippen molar-refractivity contribution in [3.8, 4) is 0 Å². The van der Waals surface area contributed by atoms with Crippen LogP contribution in [0, 0.1) is 0 Å². The molecule has 1 rings (SSSR count). The topological polar surface area (TPSA) is 39.1 Å². The summed E-state index contributed by atoms with van der Waals surface area (Å²) in [6, 6.07) is 0.266. The molecule has 0 aliphatic carbocycles. The van der Waals surface area contributed by atoms with Crippen LogP contribution in [0.15, 0.2) is 12.4 Å².